The van der Waals surface area contributed by atoms with Gasteiger partial charge in [0.2, 0.25) is 0 Å². The Morgan fingerprint density at radius 2 is 1.68 bits per heavy atom. The molecule has 1 aliphatic carbocycles. The van der Waals surface area contributed by atoms with Gasteiger partial charge in [0, 0.05) is 27.3 Å². The molecule has 4 aromatic rings. The van der Waals surface area contributed by atoms with E-state index in [1.807, 2.05) is 36.4 Å². The number of carbonyl (C=O) groups excluding carboxylic acids is 2. The van der Waals surface area contributed by atoms with Crippen LogP contribution in [0.4, 0.5) is 0 Å². The monoisotopic (exact) mass is 612 g/mol. The van der Waals surface area contributed by atoms with Crippen LogP contribution in [0.15, 0.2) is 60.7 Å². The van der Waals surface area contributed by atoms with Crippen molar-refractivity contribution in [1.82, 2.24) is 10.3 Å². The van der Waals surface area contributed by atoms with E-state index in [0.717, 1.165) is 39.3 Å². The largest absolute Gasteiger partial charge is 0.467 e. The first kappa shape index (κ1) is 31.7. The summed E-state index contributed by atoms with van der Waals surface area (Å²) in [4.78, 5) is 33.5. The van der Waals surface area contributed by atoms with Crippen molar-refractivity contribution in [3.05, 3.63) is 87.4 Å². The number of nitrogens with one attached hydrogen (secondary N) is 1. The number of thiophene rings is 1. The number of fused-ring (bicyclic) bond motifs is 1. The average molecular weight is 613 g/mol. The van der Waals surface area contributed by atoms with Gasteiger partial charge < -0.3 is 14.8 Å². The molecule has 7 heteroatoms. The second kappa shape index (κ2) is 13.5. The highest BCUT2D eigenvalue weighted by atomic mass is 32.1. The third-order valence-electron chi connectivity index (χ3n) is 8.48. The van der Waals surface area contributed by atoms with Gasteiger partial charge in [-0.05, 0) is 77.1 Å². The summed E-state index contributed by atoms with van der Waals surface area (Å²) in [5.74, 6) is 1.60. The van der Waals surface area contributed by atoms with Gasteiger partial charge in [0.25, 0.3) is 5.91 Å². The Balaban J connectivity index is 1.42. The standard InChI is InChI=1S/C37H44N2O4S/c1-23(2)34-18-17-29(44-34)22-33(36(41)42-6)39-35(40)32-20-25-11-14-28(43-27-15-12-26(13-16-27)37(3,4)5)21-30(25)31(38-32)19-24-9-7-8-10-24/h11-18,20-21,23-24,33H,7-10,19,22H2,1-6H3,(H,39,40). The van der Waals surface area contributed by atoms with Crippen LogP contribution in [0.5, 0.6) is 11.5 Å². The molecule has 1 aliphatic rings. The Labute approximate surface area is 265 Å². The van der Waals surface area contributed by atoms with Crippen molar-refractivity contribution in [2.24, 2.45) is 5.92 Å². The van der Waals surface area contributed by atoms with Gasteiger partial charge in [-0.3, -0.25) is 4.79 Å². The van der Waals surface area contributed by atoms with Gasteiger partial charge in [-0.1, -0.05) is 78.5 Å². The molecule has 0 radical (unpaired) electrons. The highest BCUT2D eigenvalue weighted by Crippen LogP contribution is 2.33. The van der Waals surface area contributed by atoms with Crippen molar-refractivity contribution in [2.75, 3.05) is 7.11 Å². The van der Waals surface area contributed by atoms with Crippen molar-refractivity contribution < 1.29 is 19.1 Å². The average Bonchev–Trinajstić information content (AvgIpc) is 3.69. The lowest BCUT2D eigenvalue weighted by atomic mass is 9.87. The molecule has 0 spiro atoms. The van der Waals surface area contributed by atoms with E-state index in [1.165, 1.54) is 43.2 Å². The third-order valence-corrected chi connectivity index (χ3v) is 9.88. The summed E-state index contributed by atoms with van der Waals surface area (Å²) in [7, 11) is 1.35. The van der Waals surface area contributed by atoms with E-state index in [1.54, 1.807) is 17.4 Å². The van der Waals surface area contributed by atoms with Crippen molar-refractivity contribution in [3.63, 3.8) is 0 Å². The van der Waals surface area contributed by atoms with Crippen molar-refractivity contribution in [3.8, 4) is 11.5 Å². The molecule has 6 nitrogen and oxygen atoms in total. The predicted octanol–water partition coefficient (Wildman–Crippen LogP) is 8.76. The van der Waals surface area contributed by atoms with E-state index in [0.29, 0.717) is 24.0 Å². The Hall–Kier alpha value is -3.71. The maximum absolute atomic E-state index is 13.6. The molecule has 1 fully saturated rings. The molecule has 1 saturated carbocycles. The number of ether oxygens (including phenoxy) is 2. The number of methoxy groups -OCH3 is 1. The van der Waals surface area contributed by atoms with Crippen LogP contribution in [-0.4, -0.2) is 30.0 Å². The molecule has 0 aliphatic heterocycles. The number of pyridine rings is 1. The van der Waals surface area contributed by atoms with Gasteiger partial charge in [0.15, 0.2) is 0 Å². The molecule has 5 rings (SSSR count). The molecule has 1 unspecified atom stereocenters. The SMILES string of the molecule is COC(=O)C(Cc1ccc(C(C)C)s1)NC(=O)c1cc2ccc(Oc3ccc(C(C)(C)C)cc3)cc2c(CC2CCCC2)n1. The van der Waals surface area contributed by atoms with Crippen LogP contribution in [0.25, 0.3) is 10.8 Å². The molecule has 0 bridgehead atoms. The molecule has 232 valence electrons. The van der Waals surface area contributed by atoms with Gasteiger partial charge >= 0.3 is 5.97 Å². The molecule has 2 heterocycles. The zero-order valence-electron chi connectivity index (χ0n) is 26.7. The fourth-order valence-corrected chi connectivity index (χ4v) is 6.92. The van der Waals surface area contributed by atoms with Crippen molar-refractivity contribution >= 4 is 34.0 Å². The highest BCUT2D eigenvalue weighted by Gasteiger charge is 2.26. The smallest absolute Gasteiger partial charge is 0.328 e. The van der Waals surface area contributed by atoms with E-state index in [4.69, 9.17) is 14.5 Å². The number of benzene rings is 2. The summed E-state index contributed by atoms with van der Waals surface area (Å²) in [6, 6.07) is 19.3. The minimum absolute atomic E-state index is 0.0738. The lowest BCUT2D eigenvalue weighted by Gasteiger charge is -2.19. The summed E-state index contributed by atoms with van der Waals surface area (Å²) in [6.07, 6.45) is 5.96. The molecule has 2 aromatic carbocycles. The van der Waals surface area contributed by atoms with Gasteiger partial charge in [0.1, 0.15) is 23.2 Å². The number of hydrogen-bond acceptors (Lipinski definition) is 6. The normalized spacial score (nSPS) is 14.6. The summed E-state index contributed by atoms with van der Waals surface area (Å²) >= 11 is 1.66. The Kier molecular flexibility index (Phi) is 9.74. The third kappa shape index (κ3) is 7.68. The fourth-order valence-electron chi connectivity index (χ4n) is 5.86. The first-order valence-electron chi connectivity index (χ1n) is 15.7. The molecule has 2 aromatic heterocycles. The second-order valence-corrected chi connectivity index (χ2v) is 14.5. The number of nitrogens with zero attached hydrogens (tertiary/aromatic N) is 1. The van der Waals surface area contributed by atoms with E-state index in [-0.39, 0.29) is 11.3 Å². The number of esters is 1. The minimum Gasteiger partial charge on any atom is -0.467 e. The molecule has 0 saturated heterocycles. The van der Waals surface area contributed by atoms with Crippen LogP contribution in [-0.2, 0) is 27.8 Å². The summed E-state index contributed by atoms with van der Waals surface area (Å²) in [6.45, 7) is 10.9. The number of rotatable bonds is 10. The predicted molar refractivity (Wildman–Crippen MR) is 178 cm³/mol. The van der Waals surface area contributed by atoms with Crippen LogP contribution in [0.3, 0.4) is 0 Å². The number of amides is 1. The first-order chi connectivity index (χ1) is 21.0. The van der Waals surface area contributed by atoms with E-state index < -0.39 is 12.0 Å². The fraction of sp³-hybridized carbons (Fsp3) is 0.432. The zero-order valence-corrected chi connectivity index (χ0v) is 27.6. The molecule has 1 atom stereocenters. The lowest BCUT2D eigenvalue weighted by molar-refractivity contribution is -0.142. The van der Waals surface area contributed by atoms with Crippen LogP contribution < -0.4 is 10.1 Å². The van der Waals surface area contributed by atoms with Crippen LogP contribution >= 0.6 is 11.3 Å². The van der Waals surface area contributed by atoms with Crippen LogP contribution in [0.2, 0.25) is 0 Å². The Morgan fingerprint density at radius 3 is 2.32 bits per heavy atom. The molecular weight excluding hydrogens is 568 g/mol. The number of aromatic nitrogens is 1. The van der Waals surface area contributed by atoms with E-state index in [9.17, 15) is 9.59 Å². The quantitative estimate of drug-likeness (QED) is 0.181. The maximum atomic E-state index is 13.6. The van der Waals surface area contributed by atoms with Crippen molar-refractivity contribution in [2.45, 2.75) is 90.5 Å². The summed E-state index contributed by atoms with van der Waals surface area (Å²) in [5, 5.41) is 4.83. The maximum Gasteiger partial charge on any atom is 0.328 e. The van der Waals surface area contributed by atoms with Crippen molar-refractivity contribution in [1.29, 1.82) is 0 Å². The van der Waals surface area contributed by atoms with Crippen LogP contribution in [0.1, 0.15) is 97.7 Å². The Morgan fingerprint density at radius 1 is 0.977 bits per heavy atom. The van der Waals surface area contributed by atoms with Gasteiger partial charge in [-0.15, -0.1) is 11.3 Å². The first-order valence-corrected chi connectivity index (χ1v) is 16.5. The minimum atomic E-state index is -0.803. The molecular formula is C37H44N2O4S. The van der Waals surface area contributed by atoms with Gasteiger partial charge in [-0.25, -0.2) is 9.78 Å². The number of carbonyl (C=O) groups is 2. The second-order valence-electron chi connectivity index (χ2n) is 13.3. The molecule has 44 heavy (non-hydrogen) atoms. The van der Waals surface area contributed by atoms with E-state index >= 15 is 0 Å². The summed E-state index contributed by atoms with van der Waals surface area (Å²) < 4.78 is 11.3. The molecule has 1 amide bonds. The van der Waals surface area contributed by atoms with Gasteiger partial charge in [-0.2, -0.15) is 0 Å². The molecule has 1 N–H and O–H groups in total. The Bertz CT molecular complexity index is 1610. The zero-order chi connectivity index (χ0) is 31.4. The van der Waals surface area contributed by atoms with Gasteiger partial charge in [0.05, 0.1) is 7.11 Å². The lowest BCUT2D eigenvalue weighted by Crippen LogP contribution is -2.43. The highest BCUT2D eigenvalue weighted by molar-refractivity contribution is 7.12. The number of hydrogen-bond donors (Lipinski definition) is 1. The summed E-state index contributed by atoms with van der Waals surface area (Å²) in [5.41, 5.74) is 2.52. The van der Waals surface area contributed by atoms with E-state index in [2.05, 4.69) is 58.1 Å². The van der Waals surface area contributed by atoms with Crippen LogP contribution in [0, 0.1) is 5.92 Å². The topological polar surface area (TPSA) is 77.5 Å².